The van der Waals surface area contributed by atoms with Gasteiger partial charge >= 0.3 is 0 Å². The van der Waals surface area contributed by atoms with Crippen LogP contribution in [0.1, 0.15) is 27.2 Å². The van der Waals surface area contributed by atoms with E-state index in [-0.39, 0.29) is 11.7 Å². The molecule has 0 unspecified atom stereocenters. The molecule has 0 fully saturated rings. The average Bonchev–Trinajstić information content (AvgIpc) is 3.17. The lowest BCUT2D eigenvalue weighted by Gasteiger charge is -2.08. The zero-order valence-corrected chi connectivity index (χ0v) is 15.9. The molecule has 2 aromatic heterocycles. The number of aromatic nitrogens is 3. The van der Waals surface area contributed by atoms with Crippen LogP contribution in [0, 0.1) is 19.7 Å². The Labute approximate surface area is 166 Å². The number of H-pyrrole nitrogens is 1. The number of carbonyl (C=O) groups excluding carboxylic acids is 1. The van der Waals surface area contributed by atoms with Crippen LogP contribution in [0.2, 0.25) is 0 Å². The average molecular weight is 387 g/mol. The van der Waals surface area contributed by atoms with E-state index in [1.165, 1.54) is 18.3 Å². The number of amides is 1. The van der Waals surface area contributed by atoms with Gasteiger partial charge in [-0.1, -0.05) is 18.2 Å². The van der Waals surface area contributed by atoms with E-state index in [9.17, 15) is 9.18 Å². The molecule has 2 N–H and O–H groups in total. The third-order valence-electron chi connectivity index (χ3n) is 4.59. The Balaban J connectivity index is 1.58. The second-order valence-electron chi connectivity index (χ2n) is 6.69. The first-order chi connectivity index (χ1) is 14.0. The molecule has 4 rings (SSSR count). The third-order valence-corrected chi connectivity index (χ3v) is 4.59. The number of hydrogen-bond donors (Lipinski definition) is 2. The Kier molecular flexibility index (Phi) is 4.87. The summed E-state index contributed by atoms with van der Waals surface area (Å²) < 4.78 is 13.1. The topological polar surface area (TPSA) is 83.0 Å². The molecule has 2 heterocycles. The smallest absolute Gasteiger partial charge is 0.272 e. The summed E-state index contributed by atoms with van der Waals surface area (Å²) in [6.45, 7) is 3.82. The summed E-state index contributed by atoms with van der Waals surface area (Å²) in [5, 5.41) is 11.7. The van der Waals surface area contributed by atoms with E-state index >= 15 is 0 Å². The monoisotopic (exact) mass is 387 g/mol. The van der Waals surface area contributed by atoms with Crippen molar-refractivity contribution in [3.8, 4) is 11.3 Å². The van der Waals surface area contributed by atoms with Crippen LogP contribution in [0.15, 0.2) is 59.8 Å². The van der Waals surface area contributed by atoms with E-state index < -0.39 is 0 Å². The number of rotatable bonds is 4. The van der Waals surface area contributed by atoms with Crippen LogP contribution >= 0.6 is 0 Å². The molecular formula is C22H18FN5O. The normalized spacial score (nSPS) is 11.3. The molecule has 2 aromatic carbocycles. The lowest BCUT2D eigenvalue weighted by molar-refractivity contribution is 0.0956. The molecule has 0 saturated carbocycles. The Hall–Kier alpha value is -3.87. The molecule has 0 saturated heterocycles. The van der Waals surface area contributed by atoms with Crippen molar-refractivity contribution in [3.05, 3.63) is 82.9 Å². The summed E-state index contributed by atoms with van der Waals surface area (Å²) >= 11 is 0. The molecule has 6 nitrogen and oxygen atoms in total. The molecule has 0 atom stereocenters. The highest BCUT2D eigenvalue weighted by atomic mass is 19.1. The van der Waals surface area contributed by atoms with Gasteiger partial charge in [-0.05, 0) is 49.7 Å². The van der Waals surface area contributed by atoms with E-state index in [2.05, 4.69) is 25.7 Å². The van der Waals surface area contributed by atoms with Crippen molar-refractivity contribution in [3.63, 3.8) is 0 Å². The summed E-state index contributed by atoms with van der Waals surface area (Å²) in [6, 6.07) is 13.5. The molecule has 0 spiro atoms. The van der Waals surface area contributed by atoms with Crippen molar-refractivity contribution in [2.45, 2.75) is 13.8 Å². The van der Waals surface area contributed by atoms with Gasteiger partial charge in [-0.2, -0.15) is 10.2 Å². The van der Waals surface area contributed by atoms with E-state index in [0.717, 1.165) is 27.7 Å². The molecule has 0 aliphatic rings. The minimum absolute atomic E-state index is 0.314. The van der Waals surface area contributed by atoms with Crippen LogP contribution in [-0.2, 0) is 0 Å². The highest BCUT2D eigenvalue weighted by molar-refractivity contribution is 6.07. The molecule has 1 amide bonds. The van der Waals surface area contributed by atoms with Crippen molar-refractivity contribution in [2.75, 3.05) is 0 Å². The number of benzene rings is 2. The van der Waals surface area contributed by atoms with E-state index in [1.807, 2.05) is 32.0 Å². The third kappa shape index (κ3) is 3.75. The number of pyridine rings is 1. The van der Waals surface area contributed by atoms with Crippen LogP contribution in [0.3, 0.4) is 0 Å². The lowest BCUT2D eigenvalue weighted by atomic mass is 10.0. The summed E-state index contributed by atoms with van der Waals surface area (Å²) in [5.74, 6) is -0.639. The molecule has 144 valence electrons. The van der Waals surface area contributed by atoms with Gasteiger partial charge in [0.25, 0.3) is 5.91 Å². The van der Waals surface area contributed by atoms with Crippen molar-refractivity contribution >= 4 is 23.0 Å². The number of halogens is 1. The summed E-state index contributed by atoms with van der Waals surface area (Å²) in [5.41, 5.74) is 7.76. The number of aryl methyl sites for hydroxylation is 2. The van der Waals surface area contributed by atoms with Gasteiger partial charge in [-0.3, -0.25) is 14.9 Å². The number of fused-ring (bicyclic) bond motifs is 1. The zero-order valence-electron chi connectivity index (χ0n) is 15.9. The zero-order chi connectivity index (χ0) is 20.4. The van der Waals surface area contributed by atoms with Crippen LogP contribution in [-0.4, -0.2) is 27.3 Å². The number of aromatic amines is 1. The van der Waals surface area contributed by atoms with Gasteiger partial charge in [-0.25, -0.2) is 9.82 Å². The Morgan fingerprint density at radius 1 is 1.17 bits per heavy atom. The van der Waals surface area contributed by atoms with E-state index in [1.54, 1.807) is 24.4 Å². The molecule has 0 aliphatic carbocycles. The van der Waals surface area contributed by atoms with Gasteiger partial charge in [0.2, 0.25) is 0 Å². The molecule has 0 aliphatic heterocycles. The largest absolute Gasteiger partial charge is 0.277 e. The first-order valence-electron chi connectivity index (χ1n) is 9.02. The predicted molar refractivity (Wildman–Crippen MR) is 110 cm³/mol. The second-order valence-corrected chi connectivity index (χ2v) is 6.69. The van der Waals surface area contributed by atoms with Gasteiger partial charge in [0.1, 0.15) is 5.82 Å². The van der Waals surface area contributed by atoms with E-state index in [4.69, 9.17) is 0 Å². The second kappa shape index (κ2) is 7.63. The van der Waals surface area contributed by atoms with Gasteiger partial charge in [0.05, 0.1) is 29.2 Å². The summed E-state index contributed by atoms with van der Waals surface area (Å²) in [4.78, 5) is 17.3. The maximum Gasteiger partial charge on any atom is 0.272 e. The maximum atomic E-state index is 13.1. The van der Waals surface area contributed by atoms with Crippen LogP contribution < -0.4 is 5.43 Å². The fourth-order valence-corrected chi connectivity index (χ4v) is 3.17. The summed E-state index contributed by atoms with van der Waals surface area (Å²) in [7, 11) is 0. The van der Waals surface area contributed by atoms with Crippen molar-refractivity contribution in [2.24, 2.45) is 5.10 Å². The molecule has 29 heavy (non-hydrogen) atoms. The first kappa shape index (κ1) is 18.5. The van der Waals surface area contributed by atoms with Gasteiger partial charge in [0, 0.05) is 22.2 Å². The highest BCUT2D eigenvalue weighted by Gasteiger charge is 2.13. The molecular weight excluding hydrogens is 369 g/mol. The maximum absolute atomic E-state index is 13.1. The molecule has 7 heteroatoms. The number of nitrogens with one attached hydrogen (secondary N) is 2. The molecule has 0 bridgehead atoms. The summed E-state index contributed by atoms with van der Waals surface area (Å²) in [6.07, 6.45) is 3.09. The fraction of sp³-hybridized carbons (Fsp3) is 0.0909. The van der Waals surface area contributed by atoms with Crippen molar-refractivity contribution < 1.29 is 9.18 Å². The SMILES string of the molecule is Cc1cc(C(=O)N/N=C\c2cn[nH]c2-c2ccc(F)cc2)c2cccc(C)c2n1. The number of hydrogen-bond acceptors (Lipinski definition) is 4. The van der Waals surface area contributed by atoms with Crippen molar-refractivity contribution in [1.29, 1.82) is 0 Å². The van der Waals surface area contributed by atoms with Gasteiger partial charge in [-0.15, -0.1) is 0 Å². The fourth-order valence-electron chi connectivity index (χ4n) is 3.17. The lowest BCUT2D eigenvalue weighted by Crippen LogP contribution is -2.18. The number of nitrogens with zero attached hydrogens (tertiary/aromatic N) is 3. The van der Waals surface area contributed by atoms with Crippen LogP contribution in [0.4, 0.5) is 4.39 Å². The van der Waals surface area contributed by atoms with E-state index in [0.29, 0.717) is 16.8 Å². The molecule has 0 radical (unpaired) electrons. The van der Waals surface area contributed by atoms with Crippen LogP contribution in [0.25, 0.3) is 22.2 Å². The Morgan fingerprint density at radius 2 is 1.97 bits per heavy atom. The minimum atomic E-state index is -0.325. The first-order valence-corrected chi connectivity index (χ1v) is 9.02. The Morgan fingerprint density at radius 3 is 2.76 bits per heavy atom. The Bertz CT molecular complexity index is 1230. The standard InChI is InChI=1S/C22H18FN5O/c1-13-4-3-5-18-19(10-14(2)26-20(13)18)22(29)28-25-12-16-11-24-27-21(16)15-6-8-17(23)9-7-15/h3-12H,1-2H3,(H,24,27)(H,28,29)/b25-12-. The number of para-hydroxylation sites is 1. The number of carbonyl (C=O) groups is 1. The van der Waals surface area contributed by atoms with Gasteiger partial charge < -0.3 is 0 Å². The highest BCUT2D eigenvalue weighted by Crippen LogP contribution is 2.22. The van der Waals surface area contributed by atoms with Gasteiger partial charge in [0.15, 0.2) is 0 Å². The minimum Gasteiger partial charge on any atom is -0.277 e. The van der Waals surface area contributed by atoms with Crippen LogP contribution in [0.5, 0.6) is 0 Å². The predicted octanol–water partition coefficient (Wildman–Crippen LogP) is 4.14. The van der Waals surface area contributed by atoms with Crippen molar-refractivity contribution in [1.82, 2.24) is 20.6 Å². The molecule has 4 aromatic rings. The number of hydrazone groups is 1. The quantitative estimate of drug-likeness (QED) is 0.408.